The van der Waals surface area contributed by atoms with Crippen molar-refractivity contribution in [2.24, 2.45) is 10.4 Å². The number of rotatable bonds is 12. The van der Waals surface area contributed by atoms with Gasteiger partial charge in [0.2, 0.25) is 5.91 Å². The van der Waals surface area contributed by atoms with Crippen molar-refractivity contribution in [3.05, 3.63) is 0 Å². The molecule has 0 aromatic heterocycles. The lowest BCUT2D eigenvalue weighted by Gasteiger charge is -2.26. The molecule has 0 heterocycles. The Morgan fingerprint density at radius 3 is 2.44 bits per heavy atom. The van der Waals surface area contributed by atoms with E-state index in [0.717, 1.165) is 39.1 Å². The summed E-state index contributed by atoms with van der Waals surface area (Å²) in [4.78, 5) is 17.6. The zero-order valence-corrected chi connectivity index (χ0v) is 19.0. The smallest absolute Gasteiger partial charge is 0.243 e. The lowest BCUT2D eigenvalue weighted by atomic mass is 9.90. The van der Waals surface area contributed by atoms with E-state index in [0.29, 0.717) is 12.6 Å². The van der Waals surface area contributed by atoms with Gasteiger partial charge in [0, 0.05) is 54.1 Å². The number of carbonyl (C=O) groups is 1. The fourth-order valence-corrected chi connectivity index (χ4v) is 1.78. The summed E-state index contributed by atoms with van der Waals surface area (Å²) in [5, 5.41) is 6.58. The van der Waals surface area contributed by atoms with E-state index in [-0.39, 0.29) is 41.8 Å². The van der Waals surface area contributed by atoms with Crippen LogP contribution in [0.5, 0.6) is 0 Å². The number of methoxy groups -OCH3 is 1. The van der Waals surface area contributed by atoms with Gasteiger partial charge >= 0.3 is 0 Å². The maximum atomic E-state index is 11.7. The average Bonchev–Trinajstić information content (AvgIpc) is 2.54. The topological polar surface area (TPSA) is 75.2 Å². The lowest BCUT2D eigenvalue weighted by Crippen LogP contribution is -2.43. The number of aliphatic imine (C=N–C) groups is 1. The van der Waals surface area contributed by atoms with Crippen molar-refractivity contribution in [2.75, 3.05) is 60.7 Å². The van der Waals surface area contributed by atoms with Gasteiger partial charge in [0.05, 0.1) is 0 Å². The van der Waals surface area contributed by atoms with Crippen molar-refractivity contribution < 1.29 is 14.3 Å². The number of carbonyl (C=O) groups excluding carboxylic acids is 1. The second-order valence-electron chi connectivity index (χ2n) is 6.69. The number of amides is 1. The van der Waals surface area contributed by atoms with Crippen LogP contribution in [0.2, 0.25) is 0 Å². The summed E-state index contributed by atoms with van der Waals surface area (Å²) in [7, 11) is 5.17. The van der Waals surface area contributed by atoms with Crippen molar-refractivity contribution in [3.63, 3.8) is 0 Å². The van der Waals surface area contributed by atoms with Gasteiger partial charge in [0.15, 0.2) is 5.96 Å². The number of nitrogens with zero attached hydrogens (tertiary/aromatic N) is 2. The predicted octanol–water partition coefficient (Wildman–Crippen LogP) is 1.72. The minimum atomic E-state index is -0.0240. The Bertz CT molecular complexity index is 377. The van der Waals surface area contributed by atoms with Gasteiger partial charge < -0.3 is 25.0 Å². The summed E-state index contributed by atoms with van der Waals surface area (Å²) in [5.41, 5.74) is 0.0787. The average molecular weight is 472 g/mol. The number of hydrogen-bond donors (Lipinski definition) is 2. The third kappa shape index (κ3) is 15.4. The molecule has 0 aliphatic rings. The molecule has 0 aliphatic heterocycles. The maximum absolute atomic E-state index is 11.7. The quantitative estimate of drug-likeness (QED) is 0.196. The Labute approximate surface area is 170 Å². The number of likely N-dealkylation sites (N-methyl/N-ethyl adjacent to an activating group) is 1. The molecule has 0 radical (unpaired) electrons. The summed E-state index contributed by atoms with van der Waals surface area (Å²) in [6.07, 6.45) is 1.84. The highest BCUT2D eigenvalue weighted by Crippen LogP contribution is 2.18. The Kier molecular flexibility index (Phi) is 16.6. The van der Waals surface area contributed by atoms with E-state index in [1.165, 1.54) is 0 Å². The first-order valence-electron chi connectivity index (χ1n) is 8.61. The van der Waals surface area contributed by atoms with Gasteiger partial charge in [0.25, 0.3) is 0 Å². The molecule has 25 heavy (non-hydrogen) atoms. The molecule has 8 heteroatoms. The monoisotopic (exact) mass is 472 g/mol. The van der Waals surface area contributed by atoms with Crippen LogP contribution in [-0.2, 0) is 14.3 Å². The van der Waals surface area contributed by atoms with Crippen LogP contribution in [0.1, 0.15) is 33.6 Å². The van der Waals surface area contributed by atoms with E-state index in [1.54, 1.807) is 26.1 Å². The number of nitrogens with one attached hydrogen (secondary N) is 2. The fourth-order valence-electron chi connectivity index (χ4n) is 1.78. The molecule has 0 spiro atoms. The highest BCUT2D eigenvalue weighted by Gasteiger charge is 2.18. The van der Waals surface area contributed by atoms with Gasteiger partial charge in [-0.05, 0) is 25.2 Å². The van der Waals surface area contributed by atoms with E-state index < -0.39 is 0 Å². The highest BCUT2D eigenvalue weighted by atomic mass is 127. The molecule has 0 aliphatic carbocycles. The van der Waals surface area contributed by atoms with E-state index in [4.69, 9.17) is 9.47 Å². The van der Waals surface area contributed by atoms with Gasteiger partial charge in [-0.25, -0.2) is 4.99 Å². The predicted molar refractivity (Wildman–Crippen MR) is 114 cm³/mol. The second kappa shape index (κ2) is 15.6. The van der Waals surface area contributed by atoms with Crippen LogP contribution in [0.15, 0.2) is 4.99 Å². The first kappa shape index (κ1) is 26.6. The molecule has 0 aromatic rings. The van der Waals surface area contributed by atoms with Crippen LogP contribution in [0.4, 0.5) is 0 Å². The van der Waals surface area contributed by atoms with Crippen molar-refractivity contribution in [2.45, 2.75) is 33.6 Å². The Balaban J connectivity index is 0. The molecular formula is C17H37IN4O3. The molecule has 0 fully saturated rings. The highest BCUT2D eigenvalue weighted by molar-refractivity contribution is 14.0. The van der Waals surface area contributed by atoms with Crippen molar-refractivity contribution in [3.8, 4) is 0 Å². The Hall–Kier alpha value is -0.610. The van der Waals surface area contributed by atoms with Gasteiger partial charge in [-0.3, -0.25) is 4.79 Å². The standard InChI is InChI=1S/C17H36N4O3.HI/c1-7-24-11-8-10-18-16(19-13-15(22)21(4)5)20-14-17(2,3)9-12-23-6;/h7-14H2,1-6H3,(H2,18,19,20);1H. The molecule has 0 bridgehead atoms. The molecule has 0 saturated heterocycles. The van der Waals surface area contributed by atoms with Crippen LogP contribution in [0.3, 0.4) is 0 Å². The van der Waals surface area contributed by atoms with Gasteiger partial charge in [-0.1, -0.05) is 13.8 Å². The van der Waals surface area contributed by atoms with Crippen LogP contribution >= 0.6 is 24.0 Å². The zero-order chi connectivity index (χ0) is 18.4. The SMILES string of the molecule is CCOCCCNC(=NCC(=O)N(C)C)NCC(C)(C)CCOC.I. The number of halogens is 1. The first-order chi connectivity index (χ1) is 11.3. The summed E-state index contributed by atoms with van der Waals surface area (Å²) < 4.78 is 10.5. The van der Waals surface area contributed by atoms with Gasteiger partial charge in [-0.2, -0.15) is 0 Å². The molecular weight excluding hydrogens is 435 g/mol. The molecule has 0 rings (SSSR count). The van der Waals surface area contributed by atoms with Gasteiger partial charge in [-0.15, -0.1) is 24.0 Å². The summed E-state index contributed by atoms with van der Waals surface area (Å²) >= 11 is 0. The molecule has 0 aromatic carbocycles. The van der Waals surface area contributed by atoms with E-state index in [9.17, 15) is 4.79 Å². The molecule has 0 atom stereocenters. The van der Waals surface area contributed by atoms with Crippen LogP contribution < -0.4 is 10.6 Å². The molecule has 1 amide bonds. The van der Waals surface area contributed by atoms with Crippen LogP contribution in [-0.4, -0.2) is 77.4 Å². The van der Waals surface area contributed by atoms with E-state index >= 15 is 0 Å². The zero-order valence-electron chi connectivity index (χ0n) is 16.7. The Morgan fingerprint density at radius 1 is 1.20 bits per heavy atom. The van der Waals surface area contributed by atoms with Crippen molar-refractivity contribution in [1.82, 2.24) is 15.5 Å². The van der Waals surface area contributed by atoms with Crippen LogP contribution in [0, 0.1) is 5.41 Å². The third-order valence-electron chi connectivity index (χ3n) is 3.55. The number of hydrogen-bond acceptors (Lipinski definition) is 4. The largest absolute Gasteiger partial charge is 0.385 e. The number of guanidine groups is 1. The van der Waals surface area contributed by atoms with E-state index in [1.807, 2.05) is 6.92 Å². The minimum absolute atomic E-state index is 0. The first-order valence-corrected chi connectivity index (χ1v) is 8.61. The molecule has 0 unspecified atom stereocenters. The third-order valence-corrected chi connectivity index (χ3v) is 3.55. The normalized spacial score (nSPS) is 11.7. The maximum Gasteiger partial charge on any atom is 0.243 e. The van der Waals surface area contributed by atoms with E-state index in [2.05, 4.69) is 29.5 Å². The van der Waals surface area contributed by atoms with Gasteiger partial charge in [0.1, 0.15) is 6.54 Å². The molecule has 150 valence electrons. The lowest BCUT2D eigenvalue weighted by molar-refractivity contribution is -0.127. The minimum Gasteiger partial charge on any atom is -0.385 e. The van der Waals surface area contributed by atoms with Crippen LogP contribution in [0.25, 0.3) is 0 Å². The summed E-state index contributed by atoms with van der Waals surface area (Å²) in [6, 6.07) is 0. The van der Waals surface area contributed by atoms with Crippen molar-refractivity contribution >= 4 is 35.8 Å². The summed E-state index contributed by atoms with van der Waals surface area (Å²) in [6.45, 7) is 10.1. The molecule has 2 N–H and O–H groups in total. The summed E-state index contributed by atoms with van der Waals surface area (Å²) in [5.74, 6) is 0.635. The Morgan fingerprint density at radius 2 is 1.88 bits per heavy atom. The molecule has 7 nitrogen and oxygen atoms in total. The fraction of sp³-hybridized carbons (Fsp3) is 0.882. The number of ether oxygens (including phenoxy) is 2. The molecule has 0 saturated carbocycles. The van der Waals surface area contributed by atoms with Crippen molar-refractivity contribution in [1.29, 1.82) is 0 Å². The second-order valence-corrected chi connectivity index (χ2v) is 6.69.